The summed E-state index contributed by atoms with van der Waals surface area (Å²) in [4.78, 5) is 29.9. The number of amides is 1. The molecule has 2 N–H and O–H groups in total. The van der Waals surface area contributed by atoms with Gasteiger partial charge >= 0.3 is 0 Å². The summed E-state index contributed by atoms with van der Waals surface area (Å²) in [5.74, 6) is 1.13. The number of piperidine rings is 1. The first-order chi connectivity index (χ1) is 12.5. The lowest BCUT2D eigenvalue weighted by Gasteiger charge is -2.38. The summed E-state index contributed by atoms with van der Waals surface area (Å²) in [7, 11) is 0. The lowest BCUT2D eigenvalue weighted by atomic mass is 9.94. The van der Waals surface area contributed by atoms with Crippen LogP contribution in [0.1, 0.15) is 44.0 Å². The molecule has 0 saturated carbocycles. The molecule has 0 unspecified atom stereocenters. The monoisotopic (exact) mass is 355 g/mol. The van der Waals surface area contributed by atoms with E-state index in [4.69, 9.17) is 0 Å². The van der Waals surface area contributed by atoms with Gasteiger partial charge in [0.25, 0.3) is 11.5 Å². The number of carbonyl (C=O) groups is 1. The molecule has 1 atom stereocenters. The number of pyridine rings is 1. The van der Waals surface area contributed by atoms with Crippen molar-refractivity contribution in [2.45, 2.75) is 39.7 Å². The van der Waals surface area contributed by atoms with Crippen molar-refractivity contribution in [3.63, 3.8) is 0 Å². The minimum atomic E-state index is -0.167. The van der Waals surface area contributed by atoms with Crippen LogP contribution in [-0.2, 0) is 0 Å². The summed E-state index contributed by atoms with van der Waals surface area (Å²) >= 11 is 0. The van der Waals surface area contributed by atoms with Crippen LogP contribution >= 0.6 is 0 Å². The van der Waals surface area contributed by atoms with Crippen LogP contribution in [0.2, 0.25) is 0 Å². The zero-order valence-corrected chi connectivity index (χ0v) is 15.9. The Kier molecular flexibility index (Phi) is 5.77. The van der Waals surface area contributed by atoms with Gasteiger partial charge in [-0.3, -0.25) is 14.5 Å². The second-order valence-electron chi connectivity index (χ2n) is 7.82. The number of hydrogen-bond donors (Lipinski definition) is 2. The third-order valence-corrected chi connectivity index (χ3v) is 5.58. The average molecular weight is 355 g/mol. The molecule has 2 heterocycles. The third kappa shape index (κ3) is 3.98. The number of H-pyrrole nitrogens is 1. The van der Waals surface area contributed by atoms with E-state index in [1.807, 2.05) is 18.2 Å². The normalized spacial score (nSPS) is 17.5. The van der Waals surface area contributed by atoms with Crippen LogP contribution in [0.4, 0.5) is 0 Å². The highest BCUT2D eigenvalue weighted by Gasteiger charge is 2.26. The van der Waals surface area contributed by atoms with Crippen LogP contribution in [0, 0.1) is 11.8 Å². The Bertz CT molecular complexity index is 819. The van der Waals surface area contributed by atoms with E-state index in [-0.39, 0.29) is 11.5 Å². The number of aromatic nitrogens is 1. The van der Waals surface area contributed by atoms with E-state index in [0.717, 1.165) is 19.0 Å². The molecule has 5 nitrogen and oxygen atoms in total. The largest absolute Gasteiger partial charge is 0.350 e. The highest BCUT2D eigenvalue weighted by atomic mass is 16.1. The Hall–Kier alpha value is -2.14. The molecule has 140 valence electrons. The van der Waals surface area contributed by atoms with Crippen molar-refractivity contribution in [1.29, 1.82) is 0 Å². The number of nitrogens with one attached hydrogen (secondary N) is 2. The molecule has 26 heavy (non-hydrogen) atoms. The van der Waals surface area contributed by atoms with Crippen LogP contribution in [0.15, 0.2) is 35.3 Å². The van der Waals surface area contributed by atoms with Crippen LogP contribution in [-0.4, -0.2) is 41.5 Å². The maximum Gasteiger partial charge on any atom is 0.255 e. The standard InChI is InChI=1S/C21H29N3O2/c1-14(2)19(24-10-8-15(3)9-11-24)13-23-21(26)18-12-22-20(25)17-7-5-4-6-16(17)18/h4-7,12,14-15,19H,8-11,13H2,1-3H3,(H,22,25)(H,23,26)/t19-/m0/s1. The number of benzene rings is 1. The number of aromatic amines is 1. The smallest absolute Gasteiger partial charge is 0.255 e. The maximum absolute atomic E-state index is 12.8. The molecule has 0 radical (unpaired) electrons. The van der Waals surface area contributed by atoms with E-state index < -0.39 is 0 Å². The lowest BCUT2D eigenvalue weighted by Crippen LogP contribution is -2.49. The molecule has 3 rings (SSSR count). The molecule has 1 aromatic heterocycles. The third-order valence-electron chi connectivity index (χ3n) is 5.58. The summed E-state index contributed by atoms with van der Waals surface area (Å²) < 4.78 is 0. The van der Waals surface area contributed by atoms with Crippen LogP contribution < -0.4 is 10.9 Å². The molecular formula is C21H29N3O2. The molecule has 1 aliphatic heterocycles. The second-order valence-corrected chi connectivity index (χ2v) is 7.82. The molecular weight excluding hydrogens is 326 g/mol. The van der Waals surface area contributed by atoms with Gasteiger partial charge in [0.15, 0.2) is 0 Å². The minimum absolute atomic E-state index is 0.131. The molecule has 2 aromatic rings. The zero-order valence-electron chi connectivity index (χ0n) is 15.9. The summed E-state index contributed by atoms with van der Waals surface area (Å²) in [6.07, 6.45) is 3.97. The first-order valence-electron chi connectivity index (χ1n) is 9.60. The predicted octanol–water partition coefficient (Wildman–Crippen LogP) is 3.01. The molecule has 0 bridgehead atoms. The summed E-state index contributed by atoms with van der Waals surface area (Å²) in [5.41, 5.74) is 0.356. The topological polar surface area (TPSA) is 65.2 Å². The number of nitrogens with zero attached hydrogens (tertiary/aromatic N) is 1. The molecule has 1 aliphatic rings. The predicted molar refractivity (Wildman–Crippen MR) is 105 cm³/mol. The summed E-state index contributed by atoms with van der Waals surface area (Å²) in [5, 5.41) is 4.34. The molecule has 0 aliphatic carbocycles. The fourth-order valence-electron chi connectivity index (χ4n) is 3.84. The van der Waals surface area contributed by atoms with Crippen molar-refractivity contribution >= 4 is 16.7 Å². The van der Waals surface area contributed by atoms with E-state index in [9.17, 15) is 9.59 Å². The van der Waals surface area contributed by atoms with E-state index in [1.165, 1.54) is 19.0 Å². The quantitative estimate of drug-likeness (QED) is 0.866. The van der Waals surface area contributed by atoms with Crippen LogP contribution in [0.3, 0.4) is 0 Å². The molecule has 1 fully saturated rings. The van der Waals surface area contributed by atoms with Gasteiger partial charge in [0.1, 0.15) is 0 Å². The zero-order chi connectivity index (χ0) is 18.7. The Morgan fingerprint density at radius 2 is 1.88 bits per heavy atom. The fraction of sp³-hybridized carbons (Fsp3) is 0.524. The number of hydrogen-bond acceptors (Lipinski definition) is 3. The number of fused-ring (bicyclic) bond motifs is 1. The summed E-state index contributed by atoms with van der Waals surface area (Å²) in [6.45, 7) is 9.56. The van der Waals surface area contributed by atoms with Crippen molar-refractivity contribution in [3.8, 4) is 0 Å². The van der Waals surface area contributed by atoms with Gasteiger partial charge in [0.05, 0.1) is 5.56 Å². The molecule has 0 spiro atoms. The SMILES string of the molecule is CC1CCN([C@@H](CNC(=O)c2c[nH]c(=O)c3ccccc23)C(C)C)CC1. The Morgan fingerprint density at radius 3 is 2.54 bits per heavy atom. The lowest BCUT2D eigenvalue weighted by molar-refractivity contribution is 0.0864. The van der Waals surface area contributed by atoms with Gasteiger partial charge in [-0.25, -0.2) is 0 Å². The Morgan fingerprint density at radius 1 is 1.23 bits per heavy atom. The van der Waals surface area contributed by atoms with Gasteiger partial charge in [-0.2, -0.15) is 0 Å². The van der Waals surface area contributed by atoms with Gasteiger partial charge in [-0.1, -0.05) is 39.0 Å². The molecule has 5 heteroatoms. The maximum atomic E-state index is 12.8. The first-order valence-corrected chi connectivity index (χ1v) is 9.60. The highest BCUT2D eigenvalue weighted by Crippen LogP contribution is 2.21. The Balaban J connectivity index is 1.73. The van der Waals surface area contributed by atoms with E-state index in [2.05, 4.69) is 36.0 Å². The molecule has 1 saturated heterocycles. The van der Waals surface area contributed by atoms with Crippen molar-refractivity contribution in [3.05, 3.63) is 46.4 Å². The van der Waals surface area contributed by atoms with E-state index in [0.29, 0.717) is 34.8 Å². The van der Waals surface area contributed by atoms with Crippen molar-refractivity contribution < 1.29 is 4.79 Å². The fourth-order valence-corrected chi connectivity index (χ4v) is 3.84. The van der Waals surface area contributed by atoms with Gasteiger partial charge in [-0.15, -0.1) is 0 Å². The average Bonchev–Trinajstić information content (AvgIpc) is 2.63. The first kappa shape index (κ1) is 18.6. The van der Waals surface area contributed by atoms with Crippen LogP contribution in [0.5, 0.6) is 0 Å². The summed E-state index contributed by atoms with van der Waals surface area (Å²) in [6, 6.07) is 7.57. The van der Waals surface area contributed by atoms with Crippen molar-refractivity contribution in [2.75, 3.05) is 19.6 Å². The van der Waals surface area contributed by atoms with Crippen molar-refractivity contribution in [1.82, 2.24) is 15.2 Å². The van der Waals surface area contributed by atoms with Crippen LogP contribution in [0.25, 0.3) is 10.8 Å². The van der Waals surface area contributed by atoms with E-state index >= 15 is 0 Å². The van der Waals surface area contributed by atoms with E-state index in [1.54, 1.807) is 6.07 Å². The van der Waals surface area contributed by atoms with Gasteiger partial charge in [0, 0.05) is 29.6 Å². The minimum Gasteiger partial charge on any atom is -0.350 e. The Labute approximate surface area is 154 Å². The number of likely N-dealkylation sites (tertiary alicyclic amines) is 1. The van der Waals surface area contributed by atoms with Crippen molar-refractivity contribution in [2.24, 2.45) is 11.8 Å². The van der Waals surface area contributed by atoms with Gasteiger partial charge in [-0.05, 0) is 43.8 Å². The molecule has 1 aromatic carbocycles. The van der Waals surface area contributed by atoms with Gasteiger partial charge in [0.2, 0.25) is 0 Å². The molecule has 1 amide bonds. The number of rotatable bonds is 5. The highest BCUT2D eigenvalue weighted by molar-refractivity contribution is 6.06. The van der Waals surface area contributed by atoms with Gasteiger partial charge < -0.3 is 10.3 Å². The second kappa shape index (κ2) is 8.04. The number of carbonyl (C=O) groups excluding carboxylic acids is 1.